The molecule has 0 atom stereocenters. The quantitative estimate of drug-likeness (QED) is 0.844. The first-order valence-corrected chi connectivity index (χ1v) is 8.52. The number of anilines is 1. The zero-order valence-corrected chi connectivity index (χ0v) is 14.7. The number of carbonyl (C=O) groups is 1. The Bertz CT molecular complexity index is 742. The predicted octanol–water partition coefficient (Wildman–Crippen LogP) is 2.60. The number of aryl methyl sites for hydroxylation is 1. The summed E-state index contributed by atoms with van der Waals surface area (Å²) >= 11 is 0. The number of amides is 2. The lowest BCUT2D eigenvalue weighted by molar-refractivity contribution is 0.251. The average Bonchev–Trinajstić information content (AvgIpc) is 3.04. The number of benzene rings is 1. The normalized spacial score (nSPS) is 13.0. The molecule has 2 amide bonds. The van der Waals surface area contributed by atoms with Gasteiger partial charge in [0.2, 0.25) is 0 Å². The monoisotopic (exact) mass is 344 g/mol. The number of hydrogen-bond acceptors (Lipinski definition) is 4. The molecular formula is C18H24N4O3. The zero-order valence-electron chi connectivity index (χ0n) is 14.7. The molecule has 3 rings (SSSR count). The van der Waals surface area contributed by atoms with E-state index in [0.29, 0.717) is 30.3 Å². The van der Waals surface area contributed by atoms with Crippen LogP contribution in [0.4, 0.5) is 10.5 Å². The SMILES string of the molecule is COc1cccc(NC(=O)NCCn2ncc3c2CCCC3)c1OC. The molecule has 1 aromatic heterocycles. The molecule has 2 aromatic rings. The van der Waals surface area contributed by atoms with Gasteiger partial charge in [0.05, 0.1) is 32.6 Å². The molecule has 7 nitrogen and oxygen atoms in total. The van der Waals surface area contributed by atoms with E-state index >= 15 is 0 Å². The van der Waals surface area contributed by atoms with Crippen molar-refractivity contribution in [3.05, 3.63) is 35.7 Å². The standard InChI is InChI=1S/C18H24N4O3/c1-24-16-9-5-7-14(17(16)25-2)21-18(23)19-10-11-22-15-8-4-3-6-13(15)12-20-22/h5,7,9,12H,3-4,6,8,10-11H2,1-2H3,(H2,19,21,23). The second-order valence-electron chi connectivity index (χ2n) is 5.97. The molecule has 0 bridgehead atoms. The van der Waals surface area contributed by atoms with Crippen LogP contribution >= 0.6 is 0 Å². The summed E-state index contributed by atoms with van der Waals surface area (Å²) in [5, 5.41) is 10.1. The lowest BCUT2D eigenvalue weighted by Gasteiger charge is -2.15. The van der Waals surface area contributed by atoms with E-state index in [-0.39, 0.29) is 6.03 Å². The smallest absolute Gasteiger partial charge is 0.319 e. The number of aromatic nitrogens is 2. The molecule has 134 valence electrons. The van der Waals surface area contributed by atoms with Crippen LogP contribution in [0.3, 0.4) is 0 Å². The van der Waals surface area contributed by atoms with Crippen molar-refractivity contribution < 1.29 is 14.3 Å². The van der Waals surface area contributed by atoms with Crippen LogP contribution in [0.15, 0.2) is 24.4 Å². The van der Waals surface area contributed by atoms with Gasteiger partial charge in [-0.05, 0) is 43.4 Å². The maximum Gasteiger partial charge on any atom is 0.319 e. The molecule has 0 unspecified atom stereocenters. The third kappa shape index (κ3) is 3.87. The van der Waals surface area contributed by atoms with E-state index < -0.39 is 0 Å². The Labute approximate surface area is 147 Å². The van der Waals surface area contributed by atoms with Gasteiger partial charge in [-0.25, -0.2) is 4.79 Å². The molecule has 0 radical (unpaired) electrons. The van der Waals surface area contributed by atoms with Crippen LogP contribution in [0.5, 0.6) is 11.5 Å². The van der Waals surface area contributed by atoms with Crippen LogP contribution in [0.2, 0.25) is 0 Å². The number of hydrogen-bond donors (Lipinski definition) is 2. The number of fused-ring (bicyclic) bond motifs is 1. The second kappa shape index (κ2) is 7.92. The van der Waals surface area contributed by atoms with Gasteiger partial charge in [-0.3, -0.25) is 4.68 Å². The Hall–Kier alpha value is -2.70. The van der Waals surface area contributed by atoms with Crippen LogP contribution in [-0.4, -0.2) is 36.6 Å². The topological polar surface area (TPSA) is 77.4 Å². The van der Waals surface area contributed by atoms with Crippen LogP contribution in [0, 0.1) is 0 Å². The lowest BCUT2D eigenvalue weighted by Crippen LogP contribution is -2.32. The third-order valence-electron chi connectivity index (χ3n) is 4.41. The van der Waals surface area contributed by atoms with E-state index in [4.69, 9.17) is 9.47 Å². The highest BCUT2D eigenvalue weighted by molar-refractivity contribution is 5.91. The summed E-state index contributed by atoms with van der Waals surface area (Å²) in [7, 11) is 3.11. The Morgan fingerprint density at radius 2 is 2.08 bits per heavy atom. The Kier molecular flexibility index (Phi) is 5.42. The van der Waals surface area contributed by atoms with Gasteiger partial charge in [0, 0.05) is 12.2 Å². The van der Waals surface area contributed by atoms with Crippen molar-refractivity contribution >= 4 is 11.7 Å². The van der Waals surface area contributed by atoms with Gasteiger partial charge >= 0.3 is 6.03 Å². The van der Waals surface area contributed by atoms with Gasteiger partial charge in [-0.1, -0.05) is 6.07 Å². The average molecular weight is 344 g/mol. The van der Waals surface area contributed by atoms with Crippen molar-refractivity contribution in [2.24, 2.45) is 0 Å². The van der Waals surface area contributed by atoms with E-state index in [1.807, 2.05) is 10.9 Å². The molecule has 7 heteroatoms. The van der Waals surface area contributed by atoms with Crippen LogP contribution in [-0.2, 0) is 19.4 Å². The summed E-state index contributed by atoms with van der Waals surface area (Å²) in [6, 6.07) is 5.06. The van der Waals surface area contributed by atoms with Gasteiger partial charge in [-0.2, -0.15) is 5.10 Å². The minimum absolute atomic E-state index is 0.285. The Morgan fingerprint density at radius 1 is 1.24 bits per heavy atom. The number of rotatable bonds is 6. The highest BCUT2D eigenvalue weighted by Gasteiger charge is 2.15. The van der Waals surface area contributed by atoms with E-state index in [0.717, 1.165) is 12.8 Å². The molecule has 0 saturated heterocycles. The molecule has 1 heterocycles. The fourth-order valence-electron chi connectivity index (χ4n) is 3.18. The fraction of sp³-hybridized carbons (Fsp3) is 0.444. The first kappa shape index (κ1) is 17.1. The number of urea groups is 1. The van der Waals surface area contributed by atoms with Gasteiger partial charge in [0.25, 0.3) is 0 Å². The Morgan fingerprint density at radius 3 is 2.88 bits per heavy atom. The van der Waals surface area contributed by atoms with Gasteiger partial charge < -0.3 is 20.1 Å². The molecule has 0 aliphatic heterocycles. The molecule has 0 spiro atoms. The summed E-state index contributed by atoms with van der Waals surface area (Å²) < 4.78 is 12.5. The predicted molar refractivity (Wildman–Crippen MR) is 95.4 cm³/mol. The highest BCUT2D eigenvalue weighted by atomic mass is 16.5. The van der Waals surface area contributed by atoms with E-state index in [9.17, 15) is 4.79 Å². The van der Waals surface area contributed by atoms with Crippen molar-refractivity contribution in [1.82, 2.24) is 15.1 Å². The van der Waals surface area contributed by atoms with E-state index in [1.54, 1.807) is 32.4 Å². The Balaban J connectivity index is 1.54. The first-order valence-electron chi connectivity index (χ1n) is 8.52. The highest BCUT2D eigenvalue weighted by Crippen LogP contribution is 2.34. The van der Waals surface area contributed by atoms with Crippen LogP contribution in [0.25, 0.3) is 0 Å². The number of carbonyl (C=O) groups excluding carboxylic acids is 1. The summed E-state index contributed by atoms with van der Waals surface area (Å²) in [5.74, 6) is 1.07. The second-order valence-corrected chi connectivity index (χ2v) is 5.97. The molecule has 25 heavy (non-hydrogen) atoms. The first-order chi connectivity index (χ1) is 12.2. The molecule has 1 aliphatic carbocycles. The van der Waals surface area contributed by atoms with Crippen molar-refractivity contribution in [2.75, 3.05) is 26.1 Å². The van der Waals surface area contributed by atoms with Crippen molar-refractivity contribution in [2.45, 2.75) is 32.2 Å². The van der Waals surface area contributed by atoms with Crippen molar-refractivity contribution in [3.8, 4) is 11.5 Å². The number of nitrogens with zero attached hydrogens (tertiary/aromatic N) is 2. The van der Waals surface area contributed by atoms with E-state index in [2.05, 4.69) is 15.7 Å². The lowest BCUT2D eigenvalue weighted by atomic mass is 9.98. The van der Waals surface area contributed by atoms with Crippen LogP contribution in [0.1, 0.15) is 24.1 Å². The summed E-state index contributed by atoms with van der Waals surface area (Å²) in [6.07, 6.45) is 6.58. The minimum atomic E-state index is -0.285. The number of methoxy groups -OCH3 is 2. The van der Waals surface area contributed by atoms with Crippen molar-refractivity contribution in [3.63, 3.8) is 0 Å². The molecule has 2 N–H and O–H groups in total. The molecular weight excluding hydrogens is 320 g/mol. The maximum atomic E-state index is 12.1. The summed E-state index contributed by atoms with van der Waals surface area (Å²) in [5.41, 5.74) is 3.22. The third-order valence-corrected chi connectivity index (χ3v) is 4.41. The maximum absolute atomic E-state index is 12.1. The molecule has 1 aliphatic rings. The summed E-state index contributed by atoms with van der Waals surface area (Å²) in [6.45, 7) is 1.17. The molecule has 0 saturated carbocycles. The fourth-order valence-corrected chi connectivity index (χ4v) is 3.18. The van der Waals surface area contributed by atoms with Crippen LogP contribution < -0.4 is 20.1 Å². The van der Waals surface area contributed by atoms with E-state index in [1.165, 1.54) is 24.1 Å². The number of nitrogens with one attached hydrogen (secondary N) is 2. The largest absolute Gasteiger partial charge is 0.493 e. The summed E-state index contributed by atoms with van der Waals surface area (Å²) in [4.78, 5) is 12.1. The van der Waals surface area contributed by atoms with Gasteiger partial charge in [0.15, 0.2) is 11.5 Å². The molecule has 1 aromatic carbocycles. The number of para-hydroxylation sites is 1. The van der Waals surface area contributed by atoms with Gasteiger partial charge in [0.1, 0.15) is 0 Å². The zero-order chi connectivity index (χ0) is 17.6. The molecule has 0 fully saturated rings. The minimum Gasteiger partial charge on any atom is -0.493 e. The van der Waals surface area contributed by atoms with Crippen molar-refractivity contribution in [1.29, 1.82) is 0 Å². The van der Waals surface area contributed by atoms with Gasteiger partial charge in [-0.15, -0.1) is 0 Å². The number of ether oxygens (including phenoxy) is 2.